The summed E-state index contributed by atoms with van der Waals surface area (Å²) in [6.45, 7) is 4.67. The first-order chi connectivity index (χ1) is 8.02. The van der Waals surface area contributed by atoms with Crippen LogP contribution in [-0.2, 0) is 19.4 Å². The van der Waals surface area contributed by atoms with E-state index in [2.05, 4.69) is 4.74 Å². The van der Waals surface area contributed by atoms with Crippen molar-refractivity contribution in [2.24, 2.45) is 5.92 Å². The van der Waals surface area contributed by atoms with Crippen LogP contribution in [0.2, 0.25) is 0 Å². The van der Waals surface area contributed by atoms with Crippen molar-refractivity contribution in [3.05, 3.63) is 0 Å². The molecule has 108 valence electrons. The van der Waals surface area contributed by atoms with Crippen LogP contribution in [0, 0.1) is 5.92 Å². The minimum Gasteiger partial charge on any atom is -0.466 e. The molecule has 4 nitrogen and oxygen atoms in total. The van der Waals surface area contributed by atoms with Crippen LogP contribution in [-0.4, -0.2) is 31.8 Å². The summed E-state index contributed by atoms with van der Waals surface area (Å²) in [6.07, 6.45) is -1.01. The van der Waals surface area contributed by atoms with Crippen LogP contribution in [0.15, 0.2) is 0 Å². The van der Waals surface area contributed by atoms with Crippen LogP contribution in [0.1, 0.15) is 33.6 Å². The zero-order valence-corrected chi connectivity index (χ0v) is 11.3. The van der Waals surface area contributed by atoms with Crippen LogP contribution in [0.25, 0.3) is 0 Å². The van der Waals surface area contributed by atoms with Gasteiger partial charge in [-0.25, -0.2) is 8.42 Å². The van der Waals surface area contributed by atoms with Gasteiger partial charge in [0.2, 0.25) is 0 Å². The van der Waals surface area contributed by atoms with E-state index in [-0.39, 0.29) is 18.9 Å². The molecular weight excluding hydrogens is 273 g/mol. The lowest BCUT2D eigenvalue weighted by Gasteiger charge is -2.20. The van der Waals surface area contributed by atoms with Gasteiger partial charge in [0.25, 0.3) is 9.84 Å². The Labute approximate surface area is 104 Å². The normalized spacial score (nSPS) is 14.6. The number of carbonyl (C=O) groups excluding carboxylic acids is 1. The van der Waals surface area contributed by atoms with E-state index in [1.54, 1.807) is 13.8 Å². The molecule has 0 aliphatic heterocycles. The Bertz CT molecular complexity index is 373. The third kappa shape index (κ3) is 4.83. The zero-order chi connectivity index (χ0) is 14.6. The van der Waals surface area contributed by atoms with Gasteiger partial charge in [0.15, 0.2) is 0 Å². The van der Waals surface area contributed by atoms with Gasteiger partial charge in [-0.05, 0) is 19.3 Å². The lowest BCUT2D eigenvalue weighted by Crippen LogP contribution is -2.37. The van der Waals surface area contributed by atoms with Gasteiger partial charge in [-0.15, -0.1) is 0 Å². The molecule has 0 aliphatic carbocycles. The number of hydrogen-bond donors (Lipinski definition) is 0. The molecule has 0 saturated heterocycles. The van der Waals surface area contributed by atoms with E-state index in [1.165, 1.54) is 6.92 Å². The number of halogens is 3. The molecule has 0 bridgehead atoms. The smallest absolute Gasteiger partial charge is 0.466 e. The molecule has 8 heteroatoms. The second-order valence-electron chi connectivity index (χ2n) is 4.25. The minimum atomic E-state index is -5.35. The summed E-state index contributed by atoms with van der Waals surface area (Å²) in [4.78, 5) is 11.2. The number of carbonyl (C=O) groups is 1. The highest BCUT2D eigenvalue weighted by Gasteiger charge is 2.51. The average molecular weight is 290 g/mol. The molecule has 0 saturated carbocycles. The third-order valence-corrected chi connectivity index (χ3v) is 4.08. The van der Waals surface area contributed by atoms with Crippen molar-refractivity contribution in [1.82, 2.24) is 0 Å². The van der Waals surface area contributed by atoms with Crippen molar-refractivity contribution < 1.29 is 31.1 Å². The Morgan fingerprint density at radius 3 is 2.11 bits per heavy atom. The SMILES string of the molecule is CCOC(=O)C[C@@H](CC(C)C)S(=O)(=O)C(F)(F)F. The molecule has 0 unspecified atom stereocenters. The third-order valence-electron chi connectivity index (χ3n) is 2.20. The van der Waals surface area contributed by atoms with Crippen molar-refractivity contribution in [3.8, 4) is 0 Å². The number of ether oxygens (including phenoxy) is 1. The topological polar surface area (TPSA) is 60.4 Å². The van der Waals surface area contributed by atoms with Gasteiger partial charge >= 0.3 is 11.5 Å². The van der Waals surface area contributed by atoms with E-state index in [1.807, 2.05) is 0 Å². The molecule has 1 atom stereocenters. The highest BCUT2D eigenvalue weighted by Crippen LogP contribution is 2.31. The molecule has 0 amide bonds. The first-order valence-corrected chi connectivity index (χ1v) is 7.02. The fourth-order valence-electron chi connectivity index (χ4n) is 1.44. The Morgan fingerprint density at radius 2 is 1.78 bits per heavy atom. The monoisotopic (exact) mass is 290 g/mol. The van der Waals surface area contributed by atoms with E-state index in [9.17, 15) is 26.4 Å². The summed E-state index contributed by atoms with van der Waals surface area (Å²) in [7, 11) is -5.35. The second kappa shape index (κ2) is 6.40. The van der Waals surface area contributed by atoms with E-state index in [4.69, 9.17) is 0 Å². The lowest BCUT2D eigenvalue weighted by atomic mass is 10.1. The molecule has 0 heterocycles. The summed E-state index contributed by atoms with van der Waals surface area (Å²) < 4.78 is 64.4. The lowest BCUT2D eigenvalue weighted by molar-refractivity contribution is -0.143. The maximum atomic E-state index is 12.4. The molecule has 0 fully saturated rings. The molecular formula is C10H17F3O4S. The molecule has 0 aliphatic rings. The molecule has 18 heavy (non-hydrogen) atoms. The standard InChI is InChI=1S/C10H17F3O4S/c1-4-17-9(14)6-8(5-7(2)3)18(15,16)10(11,12)13/h7-8H,4-6H2,1-3H3/t8-/m1/s1. The van der Waals surface area contributed by atoms with Gasteiger partial charge in [-0.3, -0.25) is 4.79 Å². The summed E-state index contributed by atoms with van der Waals surface area (Å²) in [5, 5.41) is -1.78. The first kappa shape index (κ1) is 17.2. The number of esters is 1. The van der Waals surface area contributed by atoms with Gasteiger partial charge in [0.05, 0.1) is 18.3 Å². The fraction of sp³-hybridized carbons (Fsp3) is 0.900. The average Bonchev–Trinajstić information content (AvgIpc) is 2.14. The highest BCUT2D eigenvalue weighted by molar-refractivity contribution is 7.92. The number of hydrogen-bond acceptors (Lipinski definition) is 4. The Hall–Kier alpha value is -0.790. The number of sulfone groups is 1. The second-order valence-corrected chi connectivity index (χ2v) is 6.47. The number of alkyl halides is 3. The first-order valence-electron chi connectivity index (χ1n) is 5.48. The van der Waals surface area contributed by atoms with Gasteiger partial charge in [0, 0.05) is 0 Å². The zero-order valence-electron chi connectivity index (χ0n) is 10.5. The van der Waals surface area contributed by atoms with Crippen molar-refractivity contribution in [2.45, 2.75) is 44.4 Å². The van der Waals surface area contributed by atoms with Crippen LogP contribution in [0.3, 0.4) is 0 Å². The molecule has 0 aromatic rings. The van der Waals surface area contributed by atoms with E-state index in [0.29, 0.717) is 0 Å². The summed E-state index contributed by atoms with van der Waals surface area (Å²) in [6, 6.07) is 0. The Morgan fingerprint density at radius 1 is 1.28 bits per heavy atom. The highest BCUT2D eigenvalue weighted by atomic mass is 32.2. The van der Waals surface area contributed by atoms with Crippen LogP contribution in [0.5, 0.6) is 0 Å². The van der Waals surface area contributed by atoms with E-state index in [0.717, 1.165) is 0 Å². The summed E-state index contributed by atoms with van der Waals surface area (Å²) in [5.74, 6) is -1.21. The Kier molecular flexibility index (Phi) is 6.12. The predicted molar refractivity (Wildman–Crippen MR) is 59.5 cm³/mol. The van der Waals surface area contributed by atoms with Crippen molar-refractivity contribution in [2.75, 3.05) is 6.61 Å². The van der Waals surface area contributed by atoms with Crippen LogP contribution in [0.4, 0.5) is 13.2 Å². The van der Waals surface area contributed by atoms with Crippen molar-refractivity contribution in [1.29, 1.82) is 0 Å². The largest absolute Gasteiger partial charge is 0.497 e. The fourth-order valence-corrected chi connectivity index (χ4v) is 2.81. The number of rotatable bonds is 6. The molecule has 0 radical (unpaired) electrons. The van der Waals surface area contributed by atoms with Gasteiger partial charge in [0.1, 0.15) is 0 Å². The van der Waals surface area contributed by atoms with Gasteiger partial charge < -0.3 is 4.74 Å². The van der Waals surface area contributed by atoms with Crippen LogP contribution >= 0.6 is 0 Å². The van der Waals surface area contributed by atoms with Crippen molar-refractivity contribution in [3.63, 3.8) is 0 Å². The Balaban J connectivity index is 5.07. The minimum absolute atomic E-state index is 0.000697. The van der Waals surface area contributed by atoms with Gasteiger partial charge in [-0.1, -0.05) is 13.8 Å². The quantitative estimate of drug-likeness (QED) is 0.704. The molecule has 0 N–H and O–H groups in total. The maximum Gasteiger partial charge on any atom is 0.497 e. The van der Waals surface area contributed by atoms with E-state index >= 15 is 0 Å². The molecule has 0 aromatic heterocycles. The summed E-state index contributed by atoms with van der Waals surface area (Å²) >= 11 is 0. The van der Waals surface area contributed by atoms with E-state index < -0.39 is 33.0 Å². The molecule has 0 spiro atoms. The molecule has 0 rings (SSSR count). The maximum absolute atomic E-state index is 12.4. The summed E-state index contributed by atoms with van der Waals surface area (Å²) in [5.41, 5.74) is -5.35. The van der Waals surface area contributed by atoms with Crippen LogP contribution < -0.4 is 0 Å². The van der Waals surface area contributed by atoms with Gasteiger partial charge in [-0.2, -0.15) is 13.2 Å². The molecule has 0 aromatic carbocycles. The predicted octanol–water partition coefficient (Wildman–Crippen LogP) is 2.29. The van der Waals surface area contributed by atoms with Crippen molar-refractivity contribution >= 4 is 15.8 Å².